The lowest BCUT2D eigenvalue weighted by atomic mass is 10.1. The van der Waals surface area contributed by atoms with E-state index in [0.717, 1.165) is 0 Å². The van der Waals surface area contributed by atoms with Gasteiger partial charge in [-0.05, 0) is 30.3 Å². The molecule has 118 valence electrons. The van der Waals surface area contributed by atoms with Crippen molar-refractivity contribution in [1.82, 2.24) is 0 Å². The normalized spacial score (nSPS) is 9.96. The zero-order valence-electron chi connectivity index (χ0n) is 12.5. The monoisotopic (exact) mass is 312 g/mol. The fourth-order valence-electron chi connectivity index (χ4n) is 1.96. The molecule has 2 aromatic rings. The maximum absolute atomic E-state index is 12.3. The number of anilines is 2. The number of para-hydroxylation sites is 1. The van der Waals surface area contributed by atoms with E-state index >= 15 is 0 Å². The molecule has 0 saturated heterocycles. The Morgan fingerprint density at radius 1 is 1.00 bits per heavy atom. The van der Waals surface area contributed by atoms with E-state index in [4.69, 9.17) is 5.11 Å². The van der Waals surface area contributed by atoms with E-state index in [1.165, 1.54) is 18.2 Å². The highest BCUT2D eigenvalue weighted by Gasteiger charge is 2.13. The third kappa shape index (κ3) is 4.16. The quantitative estimate of drug-likeness (QED) is 0.791. The average molecular weight is 312 g/mol. The Balaban J connectivity index is 2.20. The third-order valence-corrected chi connectivity index (χ3v) is 3.14. The van der Waals surface area contributed by atoms with Gasteiger partial charge in [-0.3, -0.25) is 9.59 Å². The standard InChI is InChI=1S/C17H16N2O4/c1-2-15(20)18-12-7-5-6-11(10-12)16(21)19-14-9-4-3-8-13(14)17(22)23/h3-10H,2H2,1H3,(H,18,20)(H,19,21)(H,22,23). The van der Waals surface area contributed by atoms with Crippen LogP contribution in [0.15, 0.2) is 48.5 Å². The number of nitrogens with one attached hydrogen (secondary N) is 2. The van der Waals surface area contributed by atoms with Crippen molar-refractivity contribution in [3.05, 3.63) is 59.7 Å². The zero-order chi connectivity index (χ0) is 16.8. The van der Waals surface area contributed by atoms with Gasteiger partial charge in [0.25, 0.3) is 5.91 Å². The van der Waals surface area contributed by atoms with Gasteiger partial charge in [0.2, 0.25) is 5.91 Å². The fraction of sp³-hybridized carbons (Fsp3) is 0.118. The molecule has 0 radical (unpaired) electrons. The largest absolute Gasteiger partial charge is 0.478 e. The van der Waals surface area contributed by atoms with Gasteiger partial charge in [0.1, 0.15) is 0 Å². The van der Waals surface area contributed by atoms with Gasteiger partial charge in [-0.1, -0.05) is 25.1 Å². The summed E-state index contributed by atoms with van der Waals surface area (Å²) in [6.07, 6.45) is 0.336. The topological polar surface area (TPSA) is 95.5 Å². The highest BCUT2D eigenvalue weighted by atomic mass is 16.4. The molecule has 2 aromatic carbocycles. The van der Waals surface area contributed by atoms with Crippen LogP contribution >= 0.6 is 0 Å². The predicted octanol–water partition coefficient (Wildman–Crippen LogP) is 2.99. The van der Waals surface area contributed by atoms with E-state index in [9.17, 15) is 14.4 Å². The minimum atomic E-state index is -1.12. The molecule has 2 amide bonds. The van der Waals surface area contributed by atoms with E-state index in [0.29, 0.717) is 17.7 Å². The third-order valence-electron chi connectivity index (χ3n) is 3.14. The molecule has 0 fully saturated rings. The summed E-state index contributed by atoms with van der Waals surface area (Å²) < 4.78 is 0. The van der Waals surface area contributed by atoms with Crippen molar-refractivity contribution < 1.29 is 19.5 Å². The Labute approximate surface area is 133 Å². The van der Waals surface area contributed by atoms with Gasteiger partial charge in [0.05, 0.1) is 11.3 Å². The van der Waals surface area contributed by atoms with Crippen molar-refractivity contribution in [2.45, 2.75) is 13.3 Å². The smallest absolute Gasteiger partial charge is 0.337 e. The van der Waals surface area contributed by atoms with Crippen LogP contribution in [0.4, 0.5) is 11.4 Å². The highest BCUT2D eigenvalue weighted by molar-refractivity contribution is 6.08. The van der Waals surface area contributed by atoms with E-state index in [1.807, 2.05) is 0 Å². The predicted molar refractivity (Wildman–Crippen MR) is 86.7 cm³/mol. The molecule has 0 aliphatic heterocycles. The molecular formula is C17H16N2O4. The fourth-order valence-corrected chi connectivity index (χ4v) is 1.96. The molecule has 0 saturated carbocycles. The lowest BCUT2D eigenvalue weighted by molar-refractivity contribution is -0.115. The Hall–Kier alpha value is -3.15. The van der Waals surface area contributed by atoms with Gasteiger partial charge in [-0.2, -0.15) is 0 Å². The molecule has 2 rings (SSSR count). The summed E-state index contributed by atoms with van der Waals surface area (Å²) >= 11 is 0. The Morgan fingerprint density at radius 3 is 2.43 bits per heavy atom. The van der Waals surface area contributed by atoms with Crippen molar-refractivity contribution in [3.63, 3.8) is 0 Å². The molecule has 0 heterocycles. The summed E-state index contributed by atoms with van der Waals surface area (Å²) in [4.78, 5) is 34.8. The molecule has 0 spiro atoms. The minimum absolute atomic E-state index is 0.0105. The van der Waals surface area contributed by atoms with Crippen LogP contribution in [0.5, 0.6) is 0 Å². The van der Waals surface area contributed by atoms with Crippen LogP contribution in [0.3, 0.4) is 0 Å². The molecule has 0 unspecified atom stereocenters. The number of amides is 2. The second-order valence-electron chi connectivity index (χ2n) is 4.79. The summed E-state index contributed by atoms with van der Waals surface area (Å²) in [6, 6.07) is 12.6. The van der Waals surface area contributed by atoms with Crippen molar-refractivity contribution >= 4 is 29.2 Å². The second kappa shape index (κ2) is 7.22. The Kier molecular flexibility index (Phi) is 5.09. The number of carbonyl (C=O) groups excluding carboxylic acids is 2. The van der Waals surface area contributed by atoms with Crippen molar-refractivity contribution in [3.8, 4) is 0 Å². The van der Waals surface area contributed by atoms with Crippen LogP contribution in [-0.4, -0.2) is 22.9 Å². The number of carboxylic acids is 1. The molecule has 0 aromatic heterocycles. The number of carboxylic acid groups (broad SMARTS) is 1. The van der Waals surface area contributed by atoms with Gasteiger partial charge < -0.3 is 15.7 Å². The average Bonchev–Trinajstić information content (AvgIpc) is 2.55. The summed E-state index contributed by atoms with van der Waals surface area (Å²) in [5, 5.41) is 14.4. The van der Waals surface area contributed by atoms with Gasteiger partial charge >= 0.3 is 5.97 Å². The summed E-state index contributed by atoms with van der Waals surface area (Å²) in [6.45, 7) is 1.73. The van der Waals surface area contributed by atoms with Crippen molar-refractivity contribution in [2.24, 2.45) is 0 Å². The van der Waals surface area contributed by atoms with Crippen molar-refractivity contribution in [2.75, 3.05) is 10.6 Å². The Bertz CT molecular complexity index is 756. The van der Waals surface area contributed by atoms with Gasteiger partial charge in [-0.25, -0.2) is 4.79 Å². The van der Waals surface area contributed by atoms with E-state index < -0.39 is 11.9 Å². The van der Waals surface area contributed by atoms with Crippen LogP contribution in [0.25, 0.3) is 0 Å². The molecule has 6 nitrogen and oxygen atoms in total. The second-order valence-corrected chi connectivity index (χ2v) is 4.79. The maximum atomic E-state index is 12.3. The van der Waals surface area contributed by atoms with Gasteiger partial charge in [0, 0.05) is 17.7 Å². The first kappa shape index (κ1) is 16.2. The number of hydrogen-bond donors (Lipinski definition) is 3. The number of benzene rings is 2. The molecular weight excluding hydrogens is 296 g/mol. The number of rotatable bonds is 5. The maximum Gasteiger partial charge on any atom is 0.337 e. The lowest BCUT2D eigenvalue weighted by Crippen LogP contribution is -2.15. The molecule has 6 heteroatoms. The summed E-state index contributed by atoms with van der Waals surface area (Å²) in [7, 11) is 0. The van der Waals surface area contributed by atoms with E-state index in [1.54, 1.807) is 37.3 Å². The molecule has 0 bridgehead atoms. The van der Waals surface area contributed by atoms with Crippen molar-refractivity contribution in [1.29, 1.82) is 0 Å². The molecule has 0 aliphatic rings. The Morgan fingerprint density at radius 2 is 1.74 bits per heavy atom. The SMILES string of the molecule is CCC(=O)Nc1cccc(C(=O)Nc2ccccc2C(=O)O)c1. The van der Waals surface area contributed by atoms with Crippen LogP contribution in [-0.2, 0) is 4.79 Å². The van der Waals surface area contributed by atoms with E-state index in [-0.39, 0.29) is 17.2 Å². The first-order valence-corrected chi connectivity index (χ1v) is 7.05. The highest BCUT2D eigenvalue weighted by Crippen LogP contribution is 2.17. The summed E-state index contributed by atoms with van der Waals surface area (Å²) in [5.41, 5.74) is 1.06. The number of hydrogen-bond acceptors (Lipinski definition) is 3. The van der Waals surface area contributed by atoms with E-state index in [2.05, 4.69) is 10.6 Å². The van der Waals surface area contributed by atoms with Crippen LogP contribution < -0.4 is 10.6 Å². The first-order chi connectivity index (χ1) is 11.0. The van der Waals surface area contributed by atoms with Crippen LogP contribution in [0, 0.1) is 0 Å². The lowest BCUT2D eigenvalue weighted by Gasteiger charge is -2.09. The zero-order valence-corrected chi connectivity index (χ0v) is 12.5. The molecule has 0 atom stereocenters. The number of carbonyl (C=O) groups is 3. The minimum Gasteiger partial charge on any atom is -0.478 e. The van der Waals surface area contributed by atoms with Gasteiger partial charge in [-0.15, -0.1) is 0 Å². The molecule has 0 aliphatic carbocycles. The van der Waals surface area contributed by atoms with Crippen LogP contribution in [0.1, 0.15) is 34.1 Å². The van der Waals surface area contributed by atoms with Gasteiger partial charge in [0.15, 0.2) is 0 Å². The summed E-state index contributed by atoms with van der Waals surface area (Å²) in [5.74, 6) is -1.73. The van der Waals surface area contributed by atoms with Crippen LogP contribution in [0.2, 0.25) is 0 Å². The first-order valence-electron chi connectivity index (χ1n) is 7.05. The molecule has 3 N–H and O–H groups in total. The molecule has 23 heavy (non-hydrogen) atoms. The number of aromatic carboxylic acids is 1.